The highest BCUT2D eigenvalue weighted by Crippen LogP contribution is 2.17. The molecule has 4 heteroatoms. The van der Waals surface area contributed by atoms with E-state index in [1.54, 1.807) is 12.1 Å². The van der Waals surface area contributed by atoms with Crippen molar-refractivity contribution in [3.8, 4) is 0 Å². The maximum absolute atomic E-state index is 13.7. The van der Waals surface area contributed by atoms with Crippen LogP contribution >= 0.6 is 11.6 Å². The fourth-order valence-corrected chi connectivity index (χ4v) is 2.63. The van der Waals surface area contributed by atoms with Crippen molar-refractivity contribution in [3.63, 3.8) is 0 Å². The zero-order valence-corrected chi connectivity index (χ0v) is 11.5. The molecular formula is C14H20ClFN2. The van der Waals surface area contributed by atoms with Crippen molar-refractivity contribution >= 4 is 11.6 Å². The SMILES string of the molecule is CCN(Cc1cc(Cl)ccc1F)CC1CCCN1. The first-order valence-corrected chi connectivity index (χ1v) is 6.96. The Labute approximate surface area is 113 Å². The Morgan fingerprint density at radius 1 is 1.50 bits per heavy atom. The van der Waals surface area contributed by atoms with Gasteiger partial charge in [0.15, 0.2) is 0 Å². The average molecular weight is 271 g/mol. The van der Waals surface area contributed by atoms with E-state index in [0.29, 0.717) is 23.2 Å². The highest BCUT2D eigenvalue weighted by atomic mass is 35.5. The minimum Gasteiger partial charge on any atom is -0.313 e. The molecule has 1 aliphatic rings. The molecule has 1 N–H and O–H groups in total. The lowest BCUT2D eigenvalue weighted by molar-refractivity contribution is 0.250. The summed E-state index contributed by atoms with van der Waals surface area (Å²) >= 11 is 5.92. The van der Waals surface area contributed by atoms with Gasteiger partial charge in [-0.15, -0.1) is 0 Å². The summed E-state index contributed by atoms with van der Waals surface area (Å²) in [4.78, 5) is 2.26. The molecule has 0 spiro atoms. The van der Waals surface area contributed by atoms with E-state index in [4.69, 9.17) is 11.6 Å². The molecular weight excluding hydrogens is 251 g/mol. The molecule has 0 saturated carbocycles. The van der Waals surface area contributed by atoms with Gasteiger partial charge in [0.05, 0.1) is 0 Å². The van der Waals surface area contributed by atoms with Gasteiger partial charge in [-0.3, -0.25) is 4.90 Å². The number of likely N-dealkylation sites (N-methyl/N-ethyl adjacent to an activating group) is 1. The zero-order valence-electron chi connectivity index (χ0n) is 10.8. The van der Waals surface area contributed by atoms with Crippen LogP contribution in [0.2, 0.25) is 5.02 Å². The van der Waals surface area contributed by atoms with Crippen LogP contribution in [0.3, 0.4) is 0 Å². The quantitative estimate of drug-likeness (QED) is 0.885. The summed E-state index contributed by atoms with van der Waals surface area (Å²) in [6.07, 6.45) is 2.46. The summed E-state index contributed by atoms with van der Waals surface area (Å²) in [6.45, 7) is 5.73. The van der Waals surface area contributed by atoms with Crippen LogP contribution in [0.25, 0.3) is 0 Å². The lowest BCUT2D eigenvalue weighted by Gasteiger charge is -2.24. The largest absolute Gasteiger partial charge is 0.313 e. The number of nitrogens with one attached hydrogen (secondary N) is 1. The highest BCUT2D eigenvalue weighted by molar-refractivity contribution is 6.30. The first-order chi connectivity index (χ1) is 8.69. The second-order valence-electron chi connectivity index (χ2n) is 4.86. The summed E-state index contributed by atoms with van der Waals surface area (Å²) < 4.78 is 13.7. The summed E-state index contributed by atoms with van der Waals surface area (Å²) in [5, 5.41) is 4.07. The van der Waals surface area contributed by atoms with Gasteiger partial charge in [-0.25, -0.2) is 4.39 Å². The Morgan fingerprint density at radius 2 is 2.33 bits per heavy atom. The number of rotatable bonds is 5. The Morgan fingerprint density at radius 3 is 3.00 bits per heavy atom. The van der Waals surface area contributed by atoms with Crippen molar-refractivity contribution < 1.29 is 4.39 Å². The molecule has 0 radical (unpaired) electrons. The van der Waals surface area contributed by atoms with Crippen LogP contribution in [0.1, 0.15) is 25.3 Å². The van der Waals surface area contributed by atoms with Gasteiger partial charge in [-0.1, -0.05) is 18.5 Å². The molecule has 1 saturated heterocycles. The third kappa shape index (κ3) is 3.67. The molecule has 1 fully saturated rings. The van der Waals surface area contributed by atoms with Gasteiger partial charge in [-0.05, 0) is 44.1 Å². The summed E-state index contributed by atoms with van der Waals surface area (Å²) in [5.41, 5.74) is 0.683. The predicted octanol–water partition coefficient (Wildman–Crippen LogP) is 3.05. The molecule has 1 aliphatic heterocycles. The minimum absolute atomic E-state index is 0.169. The van der Waals surface area contributed by atoms with Crippen molar-refractivity contribution in [1.82, 2.24) is 10.2 Å². The molecule has 0 amide bonds. The normalized spacial score (nSPS) is 19.7. The van der Waals surface area contributed by atoms with Gasteiger partial charge in [0, 0.05) is 29.7 Å². The van der Waals surface area contributed by atoms with Crippen LogP contribution in [0.4, 0.5) is 4.39 Å². The van der Waals surface area contributed by atoms with Crippen molar-refractivity contribution in [3.05, 3.63) is 34.6 Å². The number of hydrogen-bond donors (Lipinski definition) is 1. The fourth-order valence-electron chi connectivity index (χ4n) is 2.44. The predicted molar refractivity (Wildman–Crippen MR) is 73.4 cm³/mol. The minimum atomic E-state index is -0.169. The van der Waals surface area contributed by atoms with E-state index in [-0.39, 0.29) is 5.82 Å². The lowest BCUT2D eigenvalue weighted by atomic mass is 10.1. The molecule has 0 aromatic heterocycles. The molecule has 0 bridgehead atoms. The standard InChI is InChI=1S/C14H20ClFN2/c1-2-18(10-13-4-3-7-17-13)9-11-8-12(15)5-6-14(11)16/h5-6,8,13,17H,2-4,7,9-10H2,1H3. The van der Waals surface area contributed by atoms with Gasteiger partial charge < -0.3 is 5.32 Å². The van der Waals surface area contributed by atoms with Crippen LogP contribution in [-0.4, -0.2) is 30.6 Å². The number of nitrogens with zero attached hydrogens (tertiary/aromatic N) is 1. The molecule has 1 aromatic rings. The third-order valence-electron chi connectivity index (χ3n) is 3.49. The van der Waals surface area contributed by atoms with Gasteiger partial charge in [0.25, 0.3) is 0 Å². The number of benzene rings is 1. The van der Waals surface area contributed by atoms with E-state index < -0.39 is 0 Å². The molecule has 1 unspecified atom stereocenters. The summed E-state index contributed by atoms with van der Waals surface area (Å²) in [6, 6.07) is 5.31. The van der Waals surface area contributed by atoms with Crippen LogP contribution in [0.15, 0.2) is 18.2 Å². The third-order valence-corrected chi connectivity index (χ3v) is 3.72. The van der Waals surface area contributed by atoms with E-state index in [2.05, 4.69) is 17.1 Å². The second-order valence-corrected chi connectivity index (χ2v) is 5.29. The van der Waals surface area contributed by atoms with E-state index in [1.807, 2.05) is 0 Å². The second kappa shape index (κ2) is 6.50. The molecule has 1 aromatic carbocycles. The van der Waals surface area contributed by atoms with E-state index >= 15 is 0 Å². The topological polar surface area (TPSA) is 15.3 Å². The Hall–Kier alpha value is -0.640. The molecule has 1 atom stereocenters. The fraction of sp³-hybridized carbons (Fsp3) is 0.571. The van der Waals surface area contributed by atoms with Crippen molar-refractivity contribution in [2.75, 3.05) is 19.6 Å². The van der Waals surface area contributed by atoms with Gasteiger partial charge >= 0.3 is 0 Å². The molecule has 0 aliphatic carbocycles. The first-order valence-electron chi connectivity index (χ1n) is 6.58. The Bertz CT molecular complexity index is 391. The number of hydrogen-bond acceptors (Lipinski definition) is 2. The lowest BCUT2D eigenvalue weighted by Crippen LogP contribution is -2.37. The van der Waals surface area contributed by atoms with Gasteiger partial charge in [0.2, 0.25) is 0 Å². The monoisotopic (exact) mass is 270 g/mol. The highest BCUT2D eigenvalue weighted by Gasteiger charge is 2.18. The van der Waals surface area contributed by atoms with E-state index in [0.717, 1.165) is 19.6 Å². The molecule has 18 heavy (non-hydrogen) atoms. The van der Waals surface area contributed by atoms with Crippen molar-refractivity contribution in [2.45, 2.75) is 32.4 Å². The molecule has 1 heterocycles. The van der Waals surface area contributed by atoms with Crippen molar-refractivity contribution in [2.24, 2.45) is 0 Å². The first kappa shape index (κ1) is 13.8. The Balaban J connectivity index is 1.98. The van der Waals surface area contributed by atoms with Crippen LogP contribution in [0.5, 0.6) is 0 Å². The smallest absolute Gasteiger partial charge is 0.127 e. The van der Waals surface area contributed by atoms with Crippen LogP contribution in [-0.2, 0) is 6.54 Å². The Kier molecular flexibility index (Phi) is 4.98. The summed E-state index contributed by atoms with van der Waals surface area (Å²) in [5.74, 6) is -0.169. The van der Waals surface area contributed by atoms with Gasteiger partial charge in [-0.2, -0.15) is 0 Å². The van der Waals surface area contributed by atoms with Crippen LogP contribution < -0.4 is 5.32 Å². The van der Waals surface area contributed by atoms with Crippen molar-refractivity contribution in [1.29, 1.82) is 0 Å². The maximum Gasteiger partial charge on any atom is 0.127 e. The van der Waals surface area contributed by atoms with E-state index in [9.17, 15) is 4.39 Å². The van der Waals surface area contributed by atoms with Crippen LogP contribution in [0, 0.1) is 5.82 Å². The van der Waals surface area contributed by atoms with E-state index in [1.165, 1.54) is 18.9 Å². The number of halogens is 2. The molecule has 100 valence electrons. The molecule has 2 nitrogen and oxygen atoms in total. The zero-order chi connectivity index (χ0) is 13.0. The maximum atomic E-state index is 13.7. The molecule has 2 rings (SSSR count). The summed E-state index contributed by atoms with van der Waals surface area (Å²) in [7, 11) is 0. The average Bonchev–Trinajstić information content (AvgIpc) is 2.85. The van der Waals surface area contributed by atoms with Gasteiger partial charge in [0.1, 0.15) is 5.82 Å².